The van der Waals surface area contributed by atoms with Crippen molar-refractivity contribution in [3.63, 3.8) is 0 Å². The van der Waals surface area contributed by atoms with E-state index in [9.17, 15) is 4.79 Å². The molecule has 0 spiro atoms. The molecule has 0 bridgehead atoms. The maximum Gasteiger partial charge on any atom is 0.219 e. The molecule has 3 atom stereocenters. The molecule has 1 aliphatic heterocycles. The summed E-state index contributed by atoms with van der Waals surface area (Å²) in [5, 5.41) is 2.09. The Hall–Kier alpha value is -1.65. The van der Waals surface area contributed by atoms with E-state index in [1.54, 1.807) is 18.3 Å². The molecular formula is C25H35NO2S. The third-order valence-electron chi connectivity index (χ3n) is 6.57. The summed E-state index contributed by atoms with van der Waals surface area (Å²) in [5.74, 6) is 0.645. The highest BCUT2D eigenvalue weighted by atomic mass is 32.1. The zero-order valence-electron chi connectivity index (χ0n) is 18.5. The summed E-state index contributed by atoms with van der Waals surface area (Å²) >= 11 is 1.73. The first-order valence-corrected chi connectivity index (χ1v) is 11.7. The van der Waals surface area contributed by atoms with E-state index in [-0.39, 0.29) is 23.5 Å². The van der Waals surface area contributed by atoms with Gasteiger partial charge in [-0.05, 0) is 56.0 Å². The van der Waals surface area contributed by atoms with Crippen molar-refractivity contribution in [2.75, 3.05) is 13.2 Å². The van der Waals surface area contributed by atoms with E-state index in [0.29, 0.717) is 5.92 Å². The van der Waals surface area contributed by atoms with Gasteiger partial charge < -0.3 is 9.64 Å². The smallest absolute Gasteiger partial charge is 0.219 e. The number of rotatable bonds is 7. The highest BCUT2D eigenvalue weighted by molar-refractivity contribution is 7.10. The van der Waals surface area contributed by atoms with Gasteiger partial charge in [0.1, 0.15) is 0 Å². The van der Waals surface area contributed by atoms with Crippen molar-refractivity contribution >= 4 is 17.2 Å². The second-order valence-corrected chi connectivity index (χ2v) is 9.89. The normalized spacial score (nSPS) is 23.2. The monoisotopic (exact) mass is 413 g/mol. The molecule has 2 aromatic rings. The van der Waals surface area contributed by atoms with E-state index in [0.717, 1.165) is 32.4 Å². The van der Waals surface area contributed by atoms with Gasteiger partial charge in [0.25, 0.3) is 0 Å². The number of carbonyl (C=O) groups is 1. The number of thiophene rings is 1. The van der Waals surface area contributed by atoms with Gasteiger partial charge in [0.15, 0.2) is 0 Å². The SMILES string of the molecule is CC(=O)N(CC[C@]1(c2ccc(C)cc2)CCO[C@@H](C(C)C)C1)[C@@H](C)c1cccs1. The van der Waals surface area contributed by atoms with Crippen LogP contribution < -0.4 is 0 Å². The first-order chi connectivity index (χ1) is 13.8. The first kappa shape index (κ1) is 22.0. The van der Waals surface area contributed by atoms with Crippen LogP contribution in [0, 0.1) is 12.8 Å². The predicted octanol–water partition coefficient (Wildman–Crippen LogP) is 6.13. The quantitative estimate of drug-likeness (QED) is 0.546. The summed E-state index contributed by atoms with van der Waals surface area (Å²) in [7, 11) is 0. The molecule has 0 unspecified atom stereocenters. The van der Waals surface area contributed by atoms with Gasteiger partial charge in [-0.15, -0.1) is 11.3 Å². The summed E-state index contributed by atoms with van der Waals surface area (Å²) in [6.07, 6.45) is 3.27. The van der Waals surface area contributed by atoms with Crippen LogP contribution in [-0.2, 0) is 14.9 Å². The number of hydrogen-bond donors (Lipinski definition) is 0. The van der Waals surface area contributed by atoms with Gasteiger partial charge in [-0.2, -0.15) is 0 Å². The van der Waals surface area contributed by atoms with Crippen molar-refractivity contribution in [1.29, 1.82) is 0 Å². The average molecular weight is 414 g/mol. The second kappa shape index (κ2) is 9.44. The summed E-state index contributed by atoms with van der Waals surface area (Å²) < 4.78 is 6.12. The molecule has 1 aliphatic rings. The van der Waals surface area contributed by atoms with E-state index in [1.807, 2.05) is 4.90 Å². The Morgan fingerprint density at radius 3 is 2.55 bits per heavy atom. The minimum Gasteiger partial charge on any atom is -0.378 e. The van der Waals surface area contributed by atoms with E-state index in [1.165, 1.54) is 16.0 Å². The molecule has 3 nitrogen and oxygen atoms in total. The molecule has 29 heavy (non-hydrogen) atoms. The van der Waals surface area contributed by atoms with Crippen LogP contribution in [-0.4, -0.2) is 30.1 Å². The zero-order valence-corrected chi connectivity index (χ0v) is 19.3. The fraction of sp³-hybridized carbons (Fsp3) is 0.560. The minimum atomic E-state index is 0.0593. The van der Waals surface area contributed by atoms with E-state index in [4.69, 9.17) is 4.74 Å². The highest BCUT2D eigenvalue weighted by Crippen LogP contribution is 2.42. The maximum absolute atomic E-state index is 12.5. The highest BCUT2D eigenvalue weighted by Gasteiger charge is 2.40. The number of aryl methyl sites for hydroxylation is 1. The van der Waals surface area contributed by atoms with E-state index in [2.05, 4.69) is 69.5 Å². The number of carbonyl (C=O) groups excluding carboxylic acids is 1. The van der Waals surface area contributed by atoms with Crippen LogP contribution in [0.1, 0.15) is 69.0 Å². The van der Waals surface area contributed by atoms with E-state index >= 15 is 0 Å². The molecule has 2 heterocycles. The number of hydrogen-bond acceptors (Lipinski definition) is 3. The molecule has 1 aromatic heterocycles. The van der Waals surface area contributed by atoms with Gasteiger partial charge in [-0.1, -0.05) is 49.7 Å². The molecule has 0 saturated carbocycles. The Kier molecular flexibility index (Phi) is 7.18. The fourth-order valence-electron chi connectivity index (χ4n) is 4.56. The van der Waals surface area contributed by atoms with Crippen molar-refractivity contribution < 1.29 is 9.53 Å². The molecular weight excluding hydrogens is 378 g/mol. The Bertz CT molecular complexity index is 784. The first-order valence-electron chi connectivity index (χ1n) is 10.8. The van der Waals surface area contributed by atoms with Crippen LogP contribution in [0.2, 0.25) is 0 Å². The number of nitrogens with zero attached hydrogens (tertiary/aromatic N) is 1. The second-order valence-electron chi connectivity index (χ2n) is 8.91. The van der Waals surface area contributed by atoms with Gasteiger partial charge in [0, 0.05) is 30.4 Å². The molecule has 3 rings (SSSR count). The van der Waals surface area contributed by atoms with Crippen molar-refractivity contribution in [3.8, 4) is 0 Å². The average Bonchev–Trinajstić information content (AvgIpc) is 3.23. The van der Waals surface area contributed by atoms with Crippen LogP contribution in [0.25, 0.3) is 0 Å². The summed E-state index contributed by atoms with van der Waals surface area (Å²) in [6.45, 7) is 12.0. The lowest BCUT2D eigenvalue weighted by molar-refractivity contribution is -0.131. The minimum absolute atomic E-state index is 0.0593. The standard InChI is InChI=1S/C25H35NO2S/c1-18(2)23-17-25(13-15-28-23,22-10-8-19(3)9-11-22)12-14-26(21(5)27)20(4)24-7-6-16-29-24/h6-11,16,18,20,23H,12-15,17H2,1-5H3/t20-,23+,25-/m0/s1. The van der Waals surface area contributed by atoms with Gasteiger partial charge in [0.2, 0.25) is 5.91 Å². The summed E-state index contributed by atoms with van der Waals surface area (Å²) in [5.41, 5.74) is 2.74. The van der Waals surface area contributed by atoms with Crippen molar-refractivity contribution in [2.45, 2.75) is 71.4 Å². The molecule has 4 heteroatoms. The van der Waals surface area contributed by atoms with Crippen LogP contribution in [0.4, 0.5) is 0 Å². The lowest BCUT2D eigenvalue weighted by atomic mass is 9.68. The largest absolute Gasteiger partial charge is 0.378 e. The third-order valence-corrected chi connectivity index (χ3v) is 7.61. The zero-order chi connectivity index (χ0) is 21.0. The van der Waals surface area contributed by atoms with Gasteiger partial charge in [0.05, 0.1) is 12.1 Å². The van der Waals surface area contributed by atoms with E-state index < -0.39 is 0 Å². The molecule has 0 N–H and O–H groups in total. The van der Waals surface area contributed by atoms with Crippen molar-refractivity contribution in [2.24, 2.45) is 5.92 Å². The molecule has 1 amide bonds. The number of ether oxygens (including phenoxy) is 1. The Morgan fingerprint density at radius 2 is 1.97 bits per heavy atom. The Balaban J connectivity index is 1.86. The molecule has 0 aliphatic carbocycles. The van der Waals surface area contributed by atoms with Gasteiger partial charge in [-0.25, -0.2) is 0 Å². The van der Waals surface area contributed by atoms with Gasteiger partial charge >= 0.3 is 0 Å². The fourth-order valence-corrected chi connectivity index (χ4v) is 5.36. The third kappa shape index (κ3) is 5.10. The van der Waals surface area contributed by atoms with Crippen molar-refractivity contribution in [1.82, 2.24) is 4.90 Å². The predicted molar refractivity (Wildman–Crippen MR) is 121 cm³/mol. The lowest BCUT2D eigenvalue weighted by Crippen LogP contribution is -2.44. The summed E-state index contributed by atoms with van der Waals surface area (Å²) in [6, 6.07) is 13.3. The van der Waals surface area contributed by atoms with Crippen LogP contribution in [0.15, 0.2) is 41.8 Å². The number of amides is 1. The van der Waals surface area contributed by atoms with Gasteiger partial charge in [-0.3, -0.25) is 4.79 Å². The Labute approximate surface area is 180 Å². The summed E-state index contributed by atoms with van der Waals surface area (Å²) in [4.78, 5) is 15.8. The number of benzene rings is 1. The molecule has 1 fully saturated rings. The molecule has 1 saturated heterocycles. The molecule has 0 radical (unpaired) electrons. The lowest BCUT2D eigenvalue weighted by Gasteiger charge is -2.44. The maximum atomic E-state index is 12.5. The molecule has 158 valence electrons. The van der Waals surface area contributed by atoms with Crippen molar-refractivity contribution in [3.05, 3.63) is 57.8 Å². The van der Waals surface area contributed by atoms with Crippen LogP contribution >= 0.6 is 11.3 Å². The van der Waals surface area contributed by atoms with Crippen LogP contribution in [0.3, 0.4) is 0 Å². The van der Waals surface area contributed by atoms with Crippen LogP contribution in [0.5, 0.6) is 0 Å². The Morgan fingerprint density at radius 1 is 1.24 bits per heavy atom. The molecule has 1 aromatic carbocycles. The topological polar surface area (TPSA) is 29.5 Å².